The molecule has 0 saturated heterocycles. The molecule has 1 N–H and O–H groups in total. The molecule has 5 heteroatoms. The highest BCUT2D eigenvalue weighted by Crippen LogP contribution is 2.31. The van der Waals surface area contributed by atoms with Crippen molar-refractivity contribution in [2.24, 2.45) is 0 Å². The molecule has 0 aliphatic carbocycles. The van der Waals surface area contributed by atoms with Crippen LogP contribution in [0.2, 0.25) is 0 Å². The highest BCUT2D eigenvalue weighted by molar-refractivity contribution is 5.51. The minimum absolute atomic E-state index is 0.0796. The Kier molecular flexibility index (Phi) is 4.45. The van der Waals surface area contributed by atoms with E-state index in [1.54, 1.807) is 19.1 Å². The first kappa shape index (κ1) is 13.4. The topological polar surface area (TPSA) is 72.6 Å². The molecule has 0 heterocycles. The average Bonchev–Trinajstić information content (AvgIpc) is 2.27. The lowest BCUT2D eigenvalue weighted by molar-refractivity contribution is -0.386. The van der Waals surface area contributed by atoms with Crippen molar-refractivity contribution < 1.29 is 14.8 Å². The number of ether oxygens (including phenoxy) is 1. The van der Waals surface area contributed by atoms with Gasteiger partial charge in [-0.25, -0.2) is 0 Å². The smallest absolute Gasteiger partial charge is 0.311 e. The predicted molar refractivity (Wildman–Crippen MR) is 64.0 cm³/mol. The van der Waals surface area contributed by atoms with E-state index in [2.05, 4.69) is 0 Å². The van der Waals surface area contributed by atoms with Crippen molar-refractivity contribution in [1.29, 1.82) is 0 Å². The molecule has 0 saturated carbocycles. The fourth-order valence-corrected chi connectivity index (χ4v) is 1.37. The molecular weight excluding hydrogens is 222 g/mol. The zero-order valence-electron chi connectivity index (χ0n) is 10.1. The van der Waals surface area contributed by atoms with E-state index in [1.165, 1.54) is 6.07 Å². The van der Waals surface area contributed by atoms with Crippen LogP contribution in [0.4, 0.5) is 5.69 Å². The van der Waals surface area contributed by atoms with Crippen LogP contribution in [-0.4, -0.2) is 22.7 Å². The van der Waals surface area contributed by atoms with Crippen LogP contribution >= 0.6 is 0 Å². The first-order valence-electron chi connectivity index (χ1n) is 5.34. The predicted octanol–water partition coefficient (Wildman–Crippen LogP) is 2.32. The molecule has 93 valence electrons. The molecule has 0 unspecified atom stereocenters. The van der Waals surface area contributed by atoms with Crippen molar-refractivity contribution in [3.05, 3.63) is 39.8 Å². The van der Waals surface area contributed by atoms with E-state index >= 15 is 0 Å². The van der Waals surface area contributed by atoms with Crippen LogP contribution in [0.25, 0.3) is 0 Å². The fraction of sp³-hybridized carbons (Fsp3) is 0.417. The summed E-state index contributed by atoms with van der Waals surface area (Å²) in [6.45, 7) is 5.22. The van der Waals surface area contributed by atoms with E-state index in [4.69, 9.17) is 9.84 Å². The lowest BCUT2D eigenvalue weighted by Gasteiger charge is -2.12. The van der Waals surface area contributed by atoms with Crippen molar-refractivity contribution in [2.75, 3.05) is 6.61 Å². The standard InChI is InChI=1S/C12H16NO4/c1-8(2)17-12-5-4-10(9(3)7-14)6-11(12)13(15)16/h4-6,8,14H,7H2,1-3H3. The highest BCUT2D eigenvalue weighted by atomic mass is 16.6. The highest BCUT2D eigenvalue weighted by Gasteiger charge is 2.18. The van der Waals surface area contributed by atoms with Crippen LogP contribution in [0.15, 0.2) is 18.2 Å². The number of aliphatic hydroxyl groups is 1. The Balaban J connectivity index is 3.12. The third-order valence-corrected chi connectivity index (χ3v) is 2.25. The average molecular weight is 238 g/mol. The molecule has 0 aliphatic rings. The number of aliphatic hydroxyl groups excluding tert-OH is 1. The Morgan fingerprint density at radius 1 is 1.53 bits per heavy atom. The summed E-state index contributed by atoms with van der Waals surface area (Å²) in [6, 6.07) is 4.69. The van der Waals surface area contributed by atoms with Gasteiger partial charge in [-0.15, -0.1) is 0 Å². The van der Waals surface area contributed by atoms with E-state index in [1.807, 2.05) is 13.8 Å². The van der Waals surface area contributed by atoms with Gasteiger partial charge < -0.3 is 9.84 Å². The minimum atomic E-state index is -0.480. The van der Waals surface area contributed by atoms with Crippen LogP contribution in [-0.2, 0) is 0 Å². The molecule has 0 spiro atoms. The van der Waals surface area contributed by atoms with Crippen LogP contribution in [0, 0.1) is 16.0 Å². The van der Waals surface area contributed by atoms with Crippen molar-refractivity contribution in [3.8, 4) is 5.75 Å². The molecule has 1 rings (SSSR count). The van der Waals surface area contributed by atoms with E-state index in [9.17, 15) is 10.1 Å². The second kappa shape index (κ2) is 5.63. The van der Waals surface area contributed by atoms with Crippen molar-refractivity contribution in [2.45, 2.75) is 26.9 Å². The molecule has 1 radical (unpaired) electrons. The van der Waals surface area contributed by atoms with Crippen molar-refractivity contribution >= 4 is 5.69 Å². The van der Waals surface area contributed by atoms with Crippen molar-refractivity contribution in [3.63, 3.8) is 0 Å². The second-order valence-electron chi connectivity index (χ2n) is 4.04. The van der Waals surface area contributed by atoms with Crippen LogP contribution in [0.5, 0.6) is 5.75 Å². The van der Waals surface area contributed by atoms with Crippen LogP contribution in [0.3, 0.4) is 0 Å². The number of hydrogen-bond acceptors (Lipinski definition) is 4. The molecule has 1 aromatic carbocycles. The Bertz CT molecular complexity index is 403. The van der Waals surface area contributed by atoms with Crippen LogP contribution < -0.4 is 4.74 Å². The van der Waals surface area contributed by atoms with E-state index in [0.717, 1.165) is 0 Å². The third kappa shape index (κ3) is 3.42. The lowest BCUT2D eigenvalue weighted by atomic mass is 10.0. The molecule has 0 amide bonds. The zero-order valence-corrected chi connectivity index (χ0v) is 10.1. The maximum Gasteiger partial charge on any atom is 0.311 e. The van der Waals surface area contributed by atoms with Gasteiger partial charge in [0.15, 0.2) is 5.75 Å². The van der Waals surface area contributed by atoms with Gasteiger partial charge >= 0.3 is 5.69 Å². The first-order valence-corrected chi connectivity index (χ1v) is 5.34. The molecule has 5 nitrogen and oxygen atoms in total. The van der Waals surface area contributed by atoms with Gasteiger partial charge in [-0.1, -0.05) is 13.0 Å². The van der Waals surface area contributed by atoms with E-state index in [0.29, 0.717) is 11.5 Å². The Labute approximate surface area is 100 Å². The molecule has 0 aromatic heterocycles. The maximum absolute atomic E-state index is 10.9. The van der Waals surface area contributed by atoms with E-state index in [-0.39, 0.29) is 24.1 Å². The normalized spacial score (nSPS) is 10.9. The fourth-order valence-electron chi connectivity index (χ4n) is 1.37. The summed E-state index contributed by atoms with van der Waals surface area (Å²) >= 11 is 0. The van der Waals surface area contributed by atoms with Crippen LogP contribution in [0.1, 0.15) is 26.3 Å². The Morgan fingerprint density at radius 3 is 2.65 bits per heavy atom. The summed E-state index contributed by atoms with van der Waals surface area (Å²) < 4.78 is 5.36. The molecule has 0 bridgehead atoms. The lowest BCUT2D eigenvalue weighted by Crippen LogP contribution is -2.08. The number of benzene rings is 1. The van der Waals surface area contributed by atoms with Gasteiger partial charge in [-0.2, -0.15) is 0 Å². The third-order valence-electron chi connectivity index (χ3n) is 2.25. The maximum atomic E-state index is 10.9. The van der Waals surface area contributed by atoms with Gasteiger partial charge in [0.25, 0.3) is 0 Å². The quantitative estimate of drug-likeness (QED) is 0.631. The molecule has 17 heavy (non-hydrogen) atoms. The molecule has 1 aromatic rings. The number of nitro benzene ring substituents is 1. The SMILES string of the molecule is C[C](CO)c1ccc(OC(C)C)c([N+](=O)[O-])c1. The van der Waals surface area contributed by atoms with Gasteiger partial charge in [0.05, 0.1) is 17.6 Å². The van der Waals surface area contributed by atoms with Gasteiger partial charge in [-0.05, 0) is 25.5 Å². The second-order valence-corrected chi connectivity index (χ2v) is 4.04. The van der Waals surface area contributed by atoms with Crippen molar-refractivity contribution in [1.82, 2.24) is 0 Å². The summed E-state index contributed by atoms with van der Waals surface area (Å²) in [5.41, 5.74) is 0.569. The number of nitrogens with zero attached hydrogens (tertiary/aromatic N) is 1. The first-order chi connectivity index (χ1) is 7.95. The zero-order chi connectivity index (χ0) is 13.0. The minimum Gasteiger partial charge on any atom is -0.484 e. The summed E-state index contributed by atoms with van der Waals surface area (Å²) in [7, 11) is 0. The molecular formula is C12H16NO4. The van der Waals surface area contributed by atoms with Gasteiger partial charge in [-0.3, -0.25) is 10.1 Å². The molecule has 0 atom stereocenters. The Hall–Kier alpha value is -1.62. The summed E-state index contributed by atoms with van der Waals surface area (Å²) in [6.07, 6.45) is -0.123. The van der Waals surface area contributed by atoms with E-state index < -0.39 is 4.92 Å². The summed E-state index contributed by atoms with van der Waals surface area (Å²) in [4.78, 5) is 10.4. The largest absolute Gasteiger partial charge is 0.484 e. The van der Waals surface area contributed by atoms with Gasteiger partial charge in [0.1, 0.15) is 0 Å². The number of hydrogen-bond donors (Lipinski definition) is 1. The molecule has 0 aliphatic heterocycles. The monoisotopic (exact) mass is 238 g/mol. The Morgan fingerprint density at radius 2 is 2.18 bits per heavy atom. The number of nitro groups is 1. The van der Waals surface area contributed by atoms with Gasteiger partial charge in [0, 0.05) is 12.0 Å². The van der Waals surface area contributed by atoms with Gasteiger partial charge in [0.2, 0.25) is 0 Å². The summed E-state index contributed by atoms with van der Waals surface area (Å²) in [5.74, 6) is 0.934. The summed E-state index contributed by atoms with van der Waals surface area (Å²) in [5, 5.41) is 19.9. The molecule has 0 fully saturated rings. The number of rotatable bonds is 5.